The van der Waals surface area contributed by atoms with Crippen LogP contribution < -0.4 is 19.3 Å². The Kier molecular flexibility index (Phi) is 12.2. The first-order chi connectivity index (χ1) is 21.5. The van der Waals surface area contributed by atoms with Gasteiger partial charge >= 0.3 is 0 Å². The van der Waals surface area contributed by atoms with Gasteiger partial charge in [-0.15, -0.1) is 0 Å². The maximum Gasteiger partial charge on any atom is 0.249 e. The van der Waals surface area contributed by atoms with Crippen LogP contribution in [0.1, 0.15) is 96.3 Å². The van der Waals surface area contributed by atoms with E-state index in [2.05, 4.69) is 72.8 Å². The van der Waals surface area contributed by atoms with Gasteiger partial charge in [0.1, 0.15) is 17.2 Å². The van der Waals surface area contributed by atoms with E-state index in [9.17, 15) is 0 Å². The van der Waals surface area contributed by atoms with Gasteiger partial charge in [0, 0.05) is 0 Å². The third-order valence-electron chi connectivity index (χ3n) is 8.74. The van der Waals surface area contributed by atoms with Crippen LogP contribution in [0.5, 0.6) is 17.2 Å². The summed E-state index contributed by atoms with van der Waals surface area (Å²) in [4.78, 5) is 12.4. The zero-order valence-electron chi connectivity index (χ0n) is 25.7. The summed E-state index contributed by atoms with van der Waals surface area (Å²) in [6, 6.07) is 26.6. The number of benzene rings is 3. The summed E-state index contributed by atoms with van der Waals surface area (Å²) in [7, 11) is -0.226. The quantitative estimate of drug-likeness (QED) is 0.241. The molecule has 44 heavy (non-hydrogen) atoms. The largest absolute Gasteiger partial charge is 0.565 e. The zero-order valence-corrected chi connectivity index (χ0v) is 26.5. The molecule has 3 aromatic rings. The summed E-state index contributed by atoms with van der Waals surface area (Å²) in [5.41, 5.74) is 0. The predicted molar refractivity (Wildman–Crippen MR) is 172 cm³/mol. The Morgan fingerprint density at radius 3 is 0.955 bits per heavy atom. The molecule has 0 aromatic heterocycles. The summed E-state index contributed by atoms with van der Waals surface area (Å²) in [6.45, 7) is 0. The van der Waals surface area contributed by atoms with Crippen LogP contribution in [0.4, 0.5) is 4.79 Å². The van der Waals surface area contributed by atoms with Crippen LogP contribution in [-0.2, 0) is 10.9 Å². The fourth-order valence-electron chi connectivity index (χ4n) is 6.50. The highest BCUT2D eigenvalue weighted by molar-refractivity contribution is 7.97. The van der Waals surface area contributed by atoms with E-state index in [1.807, 2.05) is 0 Å². The molecule has 0 heterocycles. The van der Waals surface area contributed by atoms with Gasteiger partial charge < -0.3 is 29.2 Å². The Balaban J connectivity index is 0.000000906. The van der Waals surface area contributed by atoms with Gasteiger partial charge in [0.25, 0.3) is 0 Å². The molecule has 0 unspecified atom stereocenters. The Hall–Kier alpha value is -3.32. The fraction of sp³-hybridized carbons (Fsp3) is 0.486. The molecular weight excluding hydrogens is 572 g/mol. The Labute approximate surface area is 265 Å². The van der Waals surface area contributed by atoms with Crippen molar-refractivity contribution in [3.63, 3.8) is 0 Å². The van der Waals surface area contributed by atoms with Gasteiger partial charge in [-0.3, -0.25) is 0 Å². The second-order valence-corrected chi connectivity index (χ2v) is 14.1. The van der Waals surface area contributed by atoms with Crippen molar-refractivity contribution in [3.05, 3.63) is 72.8 Å². The molecule has 0 atom stereocenters. The summed E-state index contributed by atoms with van der Waals surface area (Å²) in [5, 5.41) is 15.3. The normalized spacial score (nSPS) is 18.2. The molecule has 0 amide bonds. The van der Waals surface area contributed by atoms with Gasteiger partial charge in [0.15, 0.2) is 14.7 Å². The average molecular weight is 619 g/mol. The van der Waals surface area contributed by atoms with Crippen LogP contribution in [0.3, 0.4) is 0 Å². The smallest absolute Gasteiger partial charge is 0.249 e. The van der Waals surface area contributed by atoms with Gasteiger partial charge in [0.05, 0.1) is 29.2 Å². The second-order valence-electron chi connectivity index (χ2n) is 12.1. The molecule has 236 valence electrons. The van der Waals surface area contributed by atoms with E-state index in [4.69, 9.17) is 29.2 Å². The van der Waals surface area contributed by atoms with Gasteiger partial charge in [0.2, 0.25) is 6.16 Å². The van der Waals surface area contributed by atoms with Crippen molar-refractivity contribution in [2.75, 3.05) is 0 Å². The van der Waals surface area contributed by atoms with Crippen LogP contribution >= 0.6 is 0 Å². The first-order valence-corrected chi connectivity index (χ1v) is 17.7. The minimum atomic E-state index is -2.08. The minimum absolute atomic E-state index is 0.226. The van der Waals surface area contributed by atoms with Crippen molar-refractivity contribution in [2.45, 2.75) is 129 Å². The number of ether oxygens (including phenoxy) is 3. The average Bonchev–Trinajstić information content (AvgIpc) is 3.05. The maximum absolute atomic E-state index is 8.44. The maximum atomic E-state index is 8.44. The zero-order chi connectivity index (χ0) is 30.6. The number of hydrogen-bond donors (Lipinski definition) is 1. The lowest BCUT2D eigenvalue weighted by Gasteiger charge is -2.23. The molecule has 0 aliphatic heterocycles. The second kappa shape index (κ2) is 16.7. The lowest BCUT2D eigenvalue weighted by atomic mass is 9.98. The van der Waals surface area contributed by atoms with Crippen molar-refractivity contribution in [1.82, 2.24) is 0 Å². The van der Waals surface area contributed by atoms with Crippen LogP contribution in [0.2, 0.25) is 0 Å². The summed E-state index contributed by atoms with van der Waals surface area (Å²) < 4.78 is 19.0. The molecule has 0 saturated heterocycles. The molecule has 3 saturated carbocycles. The first-order valence-electron chi connectivity index (χ1n) is 16.5. The lowest BCUT2D eigenvalue weighted by molar-refractivity contribution is -0.275. The Bertz CT molecular complexity index is 1100. The topological polar surface area (TPSA) is 88.1 Å². The molecule has 0 bridgehead atoms. The molecule has 3 fully saturated rings. The van der Waals surface area contributed by atoms with Gasteiger partial charge in [-0.05, 0) is 150 Å². The van der Waals surface area contributed by atoms with E-state index in [1.54, 1.807) is 0 Å². The van der Waals surface area contributed by atoms with Crippen LogP contribution in [0.25, 0.3) is 0 Å². The highest BCUT2D eigenvalue weighted by Gasteiger charge is 2.30. The van der Waals surface area contributed by atoms with E-state index in [-0.39, 0.29) is 10.9 Å². The number of rotatable bonds is 9. The first kappa shape index (κ1) is 32.1. The van der Waals surface area contributed by atoms with Crippen molar-refractivity contribution in [3.8, 4) is 17.2 Å². The van der Waals surface area contributed by atoms with Gasteiger partial charge in [-0.2, -0.15) is 0 Å². The SMILES string of the molecule is O=C([O-])O.c1cc([S+](c2ccc(OC3CCCCC3)cc2)c2ccc(OC3CCCCC3)cc2)ccc1OC1CCCCC1. The van der Waals surface area contributed by atoms with E-state index in [0.29, 0.717) is 18.3 Å². The van der Waals surface area contributed by atoms with Crippen molar-refractivity contribution >= 4 is 17.1 Å². The van der Waals surface area contributed by atoms with Crippen LogP contribution in [-0.4, -0.2) is 29.6 Å². The van der Waals surface area contributed by atoms with Crippen molar-refractivity contribution < 1.29 is 29.2 Å². The summed E-state index contributed by atoms with van der Waals surface area (Å²) >= 11 is 0. The minimum Gasteiger partial charge on any atom is -0.565 e. The standard InChI is InChI=1S/C36H45O3S.CH2O3/c1-4-10-28(11-5-1)37-31-16-22-34(23-17-31)40(35-24-18-32(19-25-35)38-29-12-6-2-7-13-29)36-26-20-33(21-27-36)39-30-14-8-3-9-15-30;2-1(3)4/h16-30H,1-15H2;(H2,2,3,4)/q+1;/p-1. The highest BCUT2D eigenvalue weighted by Crippen LogP contribution is 2.35. The Morgan fingerprint density at radius 1 is 0.500 bits per heavy atom. The van der Waals surface area contributed by atoms with Crippen LogP contribution in [0.15, 0.2) is 87.5 Å². The monoisotopic (exact) mass is 618 g/mol. The third kappa shape index (κ3) is 9.85. The van der Waals surface area contributed by atoms with E-state index in [1.165, 1.54) is 111 Å². The van der Waals surface area contributed by atoms with E-state index < -0.39 is 6.16 Å². The van der Waals surface area contributed by atoms with E-state index >= 15 is 0 Å². The molecular formula is C37H46O6S. The molecule has 7 heteroatoms. The number of carbonyl (C=O) groups is 1. The number of carboxylic acid groups (broad SMARTS) is 2. The lowest BCUT2D eigenvalue weighted by Crippen LogP contribution is -2.19. The third-order valence-corrected chi connectivity index (χ3v) is 11.0. The fourth-order valence-corrected chi connectivity index (χ4v) is 8.54. The molecule has 0 spiro atoms. The molecule has 6 nitrogen and oxygen atoms in total. The van der Waals surface area contributed by atoms with Crippen molar-refractivity contribution in [2.24, 2.45) is 0 Å². The summed E-state index contributed by atoms with van der Waals surface area (Å²) in [6.07, 6.45) is 17.8. The highest BCUT2D eigenvalue weighted by atomic mass is 32.2. The molecule has 3 aliphatic carbocycles. The molecule has 3 aliphatic rings. The van der Waals surface area contributed by atoms with Crippen LogP contribution in [0, 0.1) is 0 Å². The predicted octanol–water partition coefficient (Wildman–Crippen LogP) is 8.80. The molecule has 6 rings (SSSR count). The molecule has 1 N–H and O–H groups in total. The van der Waals surface area contributed by atoms with Gasteiger partial charge in [-0.25, -0.2) is 0 Å². The van der Waals surface area contributed by atoms with Crippen molar-refractivity contribution in [1.29, 1.82) is 0 Å². The van der Waals surface area contributed by atoms with E-state index in [0.717, 1.165) is 17.2 Å². The molecule has 0 radical (unpaired) electrons. The molecule has 3 aromatic carbocycles. The van der Waals surface area contributed by atoms with Gasteiger partial charge in [-0.1, -0.05) is 19.3 Å². The summed E-state index contributed by atoms with van der Waals surface area (Å²) in [5.74, 6) is 2.98. The Morgan fingerprint density at radius 2 is 0.727 bits per heavy atom. The number of hydrogen-bond acceptors (Lipinski definition) is 5.